The molecule has 1 atom stereocenters. The van der Waals surface area contributed by atoms with Gasteiger partial charge >= 0.3 is 6.18 Å². The number of aromatic nitrogens is 1. The first-order valence-electron chi connectivity index (χ1n) is 4.04. The van der Waals surface area contributed by atoms with E-state index in [9.17, 15) is 13.2 Å². The van der Waals surface area contributed by atoms with E-state index in [0.29, 0.717) is 5.33 Å². The van der Waals surface area contributed by atoms with Gasteiger partial charge in [0.05, 0.1) is 5.56 Å². The Morgan fingerprint density at radius 3 is 2.64 bits per heavy atom. The molecule has 0 aliphatic heterocycles. The lowest BCUT2D eigenvalue weighted by molar-refractivity contribution is -0.138. The van der Waals surface area contributed by atoms with Crippen molar-refractivity contribution in [2.45, 2.75) is 19.0 Å². The number of nitrogens with zero attached hydrogens (tertiary/aromatic N) is 1. The number of alkyl halides is 4. The molecule has 1 rings (SSSR count). The van der Waals surface area contributed by atoms with Crippen LogP contribution in [0.25, 0.3) is 0 Å². The summed E-state index contributed by atoms with van der Waals surface area (Å²) < 4.78 is 37.5. The number of hydrogen-bond donors (Lipinski definition) is 0. The van der Waals surface area contributed by atoms with Gasteiger partial charge < -0.3 is 0 Å². The minimum absolute atomic E-state index is 0.194. The summed E-state index contributed by atoms with van der Waals surface area (Å²) in [6.07, 6.45) is -1.86. The number of pyridine rings is 1. The molecule has 5 heteroatoms. The van der Waals surface area contributed by atoms with Gasteiger partial charge in [-0.05, 0) is 17.5 Å². The lowest BCUT2D eigenvalue weighted by Crippen LogP contribution is -2.11. The average molecular weight is 268 g/mol. The molecule has 14 heavy (non-hydrogen) atoms. The first-order valence-corrected chi connectivity index (χ1v) is 5.16. The van der Waals surface area contributed by atoms with Crippen LogP contribution in [0.4, 0.5) is 13.2 Å². The molecule has 0 aliphatic rings. The third-order valence-corrected chi connectivity index (χ3v) is 2.89. The van der Waals surface area contributed by atoms with Crippen molar-refractivity contribution in [1.29, 1.82) is 0 Å². The van der Waals surface area contributed by atoms with E-state index >= 15 is 0 Å². The molecule has 0 N–H and O–H groups in total. The zero-order chi connectivity index (χ0) is 10.8. The Labute approximate surface area is 88.5 Å². The molecule has 0 spiro atoms. The fourth-order valence-electron chi connectivity index (χ4n) is 1.14. The maximum absolute atomic E-state index is 12.5. The van der Waals surface area contributed by atoms with Crippen LogP contribution in [0.1, 0.15) is 24.0 Å². The van der Waals surface area contributed by atoms with Crippen molar-refractivity contribution in [3.63, 3.8) is 0 Å². The topological polar surface area (TPSA) is 12.9 Å². The van der Waals surface area contributed by atoms with Crippen LogP contribution in [0.2, 0.25) is 0 Å². The Kier molecular flexibility index (Phi) is 3.53. The first kappa shape index (κ1) is 11.5. The van der Waals surface area contributed by atoms with Gasteiger partial charge in [0.25, 0.3) is 0 Å². The monoisotopic (exact) mass is 267 g/mol. The zero-order valence-corrected chi connectivity index (χ0v) is 9.06. The van der Waals surface area contributed by atoms with Crippen molar-refractivity contribution >= 4 is 15.9 Å². The van der Waals surface area contributed by atoms with Crippen LogP contribution in [-0.4, -0.2) is 10.3 Å². The van der Waals surface area contributed by atoms with Gasteiger partial charge in [0.1, 0.15) is 0 Å². The molecule has 0 radical (unpaired) electrons. The molecule has 0 fully saturated rings. The summed E-state index contributed by atoms with van der Waals surface area (Å²) >= 11 is 3.16. The number of halogens is 4. The standard InChI is InChI=1S/C9H9BrF3N/c1-6(4-10)7-5-14-3-2-8(7)9(11,12)13/h2-3,5-6H,4H2,1H3. The van der Waals surface area contributed by atoms with Crippen LogP contribution in [0.15, 0.2) is 18.5 Å². The quantitative estimate of drug-likeness (QED) is 0.747. The summed E-state index contributed by atoms with van der Waals surface area (Å²) in [5.41, 5.74) is -0.365. The fraction of sp³-hybridized carbons (Fsp3) is 0.444. The molecule has 0 bridgehead atoms. The van der Waals surface area contributed by atoms with Crippen molar-refractivity contribution in [3.05, 3.63) is 29.6 Å². The van der Waals surface area contributed by atoms with E-state index < -0.39 is 11.7 Å². The van der Waals surface area contributed by atoms with Crippen LogP contribution >= 0.6 is 15.9 Å². The molecule has 1 unspecified atom stereocenters. The molecule has 0 saturated carbocycles. The minimum atomic E-state index is -4.30. The van der Waals surface area contributed by atoms with Gasteiger partial charge in [-0.15, -0.1) is 0 Å². The van der Waals surface area contributed by atoms with Crippen LogP contribution in [-0.2, 0) is 6.18 Å². The summed E-state index contributed by atoms with van der Waals surface area (Å²) in [7, 11) is 0. The minimum Gasteiger partial charge on any atom is -0.264 e. The Morgan fingerprint density at radius 1 is 1.50 bits per heavy atom. The Morgan fingerprint density at radius 2 is 2.14 bits per heavy atom. The van der Waals surface area contributed by atoms with Crippen LogP contribution in [0, 0.1) is 0 Å². The lowest BCUT2D eigenvalue weighted by Gasteiger charge is -2.15. The molecule has 0 amide bonds. The highest BCUT2D eigenvalue weighted by Crippen LogP contribution is 2.34. The second kappa shape index (κ2) is 4.29. The Hall–Kier alpha value is -0.580. The van der Waals surface area contributed by atoms with Gasteiger partial charge in [-0.1, -0.05) is 22.9 Å². The highest BCUT2D eigenvalue weighted by Gasteiger charge is 2.34. The molecule has 1 aromatic heterocycles. The van der Waals surface area contributed by atoms with E-state index in [0.717, 1.165) is 12.3 Å². The second-order valence-electron chi connectivity index (χ2n) is 3.02. The maximum Gasteiger partial charge on any atom is 0.416 e. The summed E-state index contributed by atoms with van der Waals surface area (Å²) in [5, 5.41) is 0.488. The Bertz CT molecular complexity index is 311. The van der Waals surface area contributed by atoms with E-state index in [4.69, 9.17) is 0 Å². The van der Waals surface area contributed by atoms with Crippen molar-refractivity contribution < 1.29 is 13.2 Å². The van der Waals surface area contributed by atoms with Crippen molar-refractivity contribution in [1.82, 2.24) is 4.98 Å². The van der Waals surface area contributed by atoms with Gasteiger partial charge in [-0.2, -0.15) is 13.2 Å². The van der Waals surface area contributed by atoms with Gasteiger partial charge in [-0.3, -0.25) is 4.98 Å². The Balaban J connectivity index is 3.16. The van der Waals surface area contributed by atoms with Gasteiger partial charge in [-0.25, -0.2) is 0 Å². The zero-order valence-electron chi connectivity index (χ0n) is 7.48. The molecular weight excluding hydrogens is 259 g/mol. The van der Waals surface area contributed by atoms with E-state index in [1.54, 1.807) is 6.92 Å². The predicted molar refractivity (Wildman–Crippen MR) is 51.4 cm³/mol. The largest absolute Gasteiger partial charge is 0.416 e. The smallest absolute Gasteiger partial charge is 0.264 e. The fourth-order valence-corrected chi connectivity index (χ4v) is 1.49. The van der Waals surface area contributed by atoms with Crippen molar-refractivity contribution in [2.75, 3.05) is 5.33 Å². The van der Waals surface area contributed by atoms with Crippen LogP contribution in [0.3, 0.4) is 0 Å². The predicted octanol–water partition coefficient (Wildman–Crippen LogP) is 3.60. The van der Waals surface area contributed by atoms with Gasteiger partial charge in [0.15, 0.2) is 0 Å². The lowest BCUT2D eigenvalue weighted by atomic mass is 9.99. The third-order valence-electron chi connectivity index (χ3n) is 1.92. The highest BCUT2D eigenvalue weighted by atomic mass is 79.9. The maximum atomic E-state index is 12.5. The van der Waals surface area contributed by atoms with E-state index in [2.05, 4.69) is 20.9 Å². The number of rotatable bonds is 2. The molecule has 0 aromatic carbocycles. The SMILES string of the molecule is CC(CBr)c1cnccc1C(F)(F)F. The van der Waals surface area contributed by atoms with Crippen LogP contribution < -0.4 is 0 Å². The average Bonchev–Trinajstić information content (AvgIpc) is 2.15. The van der Waals surface area contributed by atoms with Gasteiger partial charge in [0.2, 0.25) is 0 Å². The van der Waals surface area contributed by atoms with E-state index in [1.807, 2.05) is 0 Å². The molecule has 1 aromatic rings. The molecule has 1 nitrogen and oxygen atoms in total. The van der Waals surface area contributed by atoms with Crippen LogP contribution in [0.5, 0.6) is 0 Å². The molecule has 1 heterocycles. The first-order chi connectivity index (χ1) is 6.46. The molecular formula is C9H9BrF3N. The van der Waals surface area contributed by atoms with Crippen molar-refractivity contribution in [3.8, 4) is 0 Å². The molecule has 0 saturated heterocycles. The molecule has 78 valence electrons. The third kappa shape index (κ3) is 2.47. The van der Waals surface area contributed by atoms with Gasteiger partial charge in [0, 0.05) is 17.7 Å². The molecule has 0 aliphatic carbocycles. The second-order valence-corrected chi connectivity index (χ2v) is 3.66. The summed E-state index contributed by atoms with van der Waals surface area (Å²) in [6, 6.07) is 1.01. The van der Waals surface area contributed by atoms with E-state index in [1.165, 1.54) is 6.20 Å². The van der Waals surface area contributed by atoms with Crippen molar-refractivity contribution in [2.24, 2.45) is 0 Å². The highest BCUT2D eigenvalue weighted by molar-refractivity contribution is 9.09. The summed E-state index contributed by atoms with van der Waals surface area (Å²) in [6.45, 7) is 1.72. The summed E-state index contributed by atoms with van der Waals surface area (Å²) in [4.78, 5) is 3.71. The van der Waals surface area contributed by atoms with E-state index in [-0.39, 0.29) is 11.5 Å². The normalized spacial score (nSPS) is 14.1. The number of hydrogen-bond acceptors (Lipinski definition) is 1. The summed E-state index contributed by atoms with van der Waals surface area (Å²) in [5.74, 6) is -0.194.